The van der Waals surface area contributed by atoms with Crippen LogP contribution < -0.4 is 0 Å². The summed E-state index contributed by atoms with van der Waals surface area (Å²) in [6, 6.07) is 0. The molecule has 3 fully saturated rings. The summed E-state index contributed by atoms with van der Waals surface area (Å²) in [6.07, 6.45) is 11.5. The Bertz CT molecular complexity index is 724. The molecule has 162 valence electrons. The van der Waals surface area contributed by atoms with Gasteiger partial charge in [-0.05, 0) is 86.0 Å². The first-order chi connectivity index (χ1) is 13.7. The number of allylic oxidation sites excluding steroid dienone is 1. The minimum absolute atomic E-state index is 0.00500. The van der Waals surface area contributed by atoms with E-state index < -0.39 is 6.10 Å². The minimum atomic E-state index is -0.403. The van der Waals surface area contributed by atoms with Gasteiger partial charge in [-0.3, -0.25) is 4.79 Å². The lowest BCUT2D eigenvalue weighted by Gasteiger charge is -2.58. The molecule has 0 amide bonds. The Labute approximate surface area is 175 Å². The summed E-state index contributed by atoms with van der Waals surface area (Å²) in [4.78, 5) is 11.5. The molecule has 4 heteroatoms. The lowest BCUT2D eigenvalue weighted by Crippen LogP contribution is -2.51. The first-order valence-electron chi connectivity index (χ1n) is 11.5. The SMILES string of the molecule is COC=C1C[C@@]2(C)C(=CC[C@H]3[C@@H]4CC[C@H]([C@H](C)OC(C)=O)[C@@]4(C)CC[C@@H]32)C[C@H]1O. The standard InChI is InChI=1S/C25H38O4/c1-15(29-16(2)26)20-8-9-21-19-7-6-18-12-23(27)17(14-28-5)13-25(18,4)22(19)10-11-24(20,21)3/h6,14-15,19-23,27H,7-13H2,1-5H3/t15-,19-,20+,21-,22-,23+,24+,25-/m0/s1. The molecule has 0 aromatic heterocycles. The molecule has 0 radical (unpaired) electrons. The lowest BCUT2D eigenvalue weighted by molar-refractivity contribution is -0.152. The Balaban J connectivity index is 1.61. The molecule has 3 saturated carbocycles. The maximum absolute atomic E-state index is 11.5. The summed E-state index contributed by atoms with van der Waals surface area (Å²) in [5, 5.41) is 10.6. The first kappa shape index (κ1) is 21.0. The van der Waals surface area contributed by atoms with Gasteiger partial charge < -0.3 is 14.6 Å². The van der Waals surface area contributed by atoms with Crippen LogP contribution in [0.4, 0.5) is 0 Å². The number of aliphatic hydroxyl groups excluding tert-OH is 1. The summed E-state index contributed by atoms with van der Waals surface area (Å²) in [5.41, 5.74) is 2.91. The molecule has 0 heterocycles. The highest BCUT2D eigenvalue weighted by Gasteiger charge is 2.60. The van der Waals surface area contributed by atoms with E-state index in [1.807, 2.05) is 0 Å². The van der Waals surface area contributed by atoms with Crippen molar-refractivity contribution in [1.29, 1.82) is 0 Å². The van der Waals surface area contributed by atoms with Gasteiger partial charge in [0.15, 0.2) is 0 Å². The zero-order valence-electron chi connectivity index (χ0n) is 18.7. The fourth-order valence-electron chi connectivity index (χ4n) is 8.03. The van der Waals surface area contributed by atoms with Crippen LogP contribution in [0.15, 0.2) is 23.5 Å². The monoisotopic (exact) mass is 402 g/mol. The second-order valence-electron chi connectivity index (χ2n) is 10.6. The normalized spacial score (nSPS) is 46.2. The van der Waals surface area contributed by atoms with Gasteiger partial charge in [0.05, 0.1) is 19.5 Å². The van der Waals surface area contributed by atoms with Crippen LogP contribution in [0, 0.1) is 34.5 Å². The molecule has 4 aliphatic rings. The third kappa shape index (κ3) is 3.26. The zero-order valence-corrected chi connectivity index (χ0v) is 18.7. The number of carbonyl (C=O) groups is 1. The van der Waals surface area contributed by atoms with Crippen molar-refractivity contribution < 1.29 is 19.4 Å². The minimum Gasteiger partial charge on any atom is -0.504 e. The molecule has 0 aromatic carbocycles. The number of aliphatic hydroxyl groups is 1. The molecule has 1 N–H and O–H groups in total. The molecule has 8 atom stereocenters. The molecule has 0 aliphatic heterocycles. The van der Waals surface area contributed by atoms with Crippen LogP contribution >= 0.6 is 0 Å². The second-order valence-corrected chi connectivity index (χ2v) is 10.6. The van der Waals surface area contributed by atoms with Crippen LogP contribution in [-0.4, -0.2) is 30.4 Å². The molecule has 0 unspecified atom stereocenters. The van der Waals surface area contributed by atoms with Crippen LogP contribution in [0.25, 0.3) is 0 Å². The fourth-order valence-corrected chi connectivity index (χ4v) is 8.03. The second kappa shape index (κ2) is 7.44. The van der Waals surface area contributed by atoms with Crippen molar-refractivity contribution >= 4 is 5.97 Å². The van der Waals surface area contributed by atoms with E-state index in [1.165, 1.54) is 38.2 Å². The van der Waals surface area contributed by atoms with Crippen LogP contribution in [0.1, 0.15) is 72.6 Å². The number of hydrogen-bond donors (Lipinski definition) is 1. The van der Waals surface area contributed by atoms with Gasteiger partial charge in [-0.1, -0.05) is 25.5 Å². The Kier molecular flexibility index (Phi) is 5.38. The van der Waals surface area contributed by atoms with Gasteiger partial charge in [0.1, 0.15) is 6.10 Å². The molecule has 29 heavy (non-hydrogen) atoms. The topological polar surface area (TPSA) is 55.8 Å². The van der Waals surface area contributed by atoms with Crippen molar-refractivity contribution in [3.8, 4) is 0 Å². The van der Waals surface area contributed by atoms with Crippen LogP contribution in [-0.2, 0) is 14.3 Å². The Morgan fingerprint density at radius 2 is 2.03 bits per heavy atom. The van der Waals surface area contributed by atoms with E-state index in [0.717, 1.165) is 24.8 Å². The average Bonchev–Trinajstić information content (AvgIpc) is 3.00. The van der Waals surface area contributed by atoms with Gasteiger partial charge >= 0.3 is 5.97 Å². The molecule has 0 saturated heterocycles. The molecular weight excluding hydrogens is 364 g/mol. The molecule has 4 aliphatic carbocycles. The number of esters is 1. The maximum Gasteiger partial charge on any atom is 0.302 e. The number of rotatable bonds is 3. The highest BCUT2D eigenvalue weighted by Crippen LogP contribution is 2.67. The Morgan fingerprint density at radius 3 is 2.72 bits per heavy atom. The summed E-state index contributed by atoms with van der Waals surface area (Å²) in [5.74, 6) is 2.36. The summed E-state index contributed by atoms with van der Waals surface area (Å²) >= 11 is 0. The van der Waals surface area contributed by atoms with E-state index in [-0.39, 0.29) is 22.9 Å². The van der Waals surface area contributed by atoms with Crippen molar-refractivity contribution in [3.63, 3.8) is 0 Å². The highest BCUT2D eigenvalue weighted by atomic mass is 16.5. The average molecular weight is 403 g/mol. The van der Waals surface area contributed by atoms with Crippen LogP contribution in [0.3, 0.4) is 0 Å². The molecule has 0 spiro atoms. The lowest BCUT2D eigenvalue weighted by atomic mass is 9.47. The quantitative estimate of drug-likeness (QED) is 0.409. The first-order valence-corrected chi connectivity index (χ1v) is 11.5. The van der Waals surface area contributed by atoms with Gasteiger partial charge in [-0.2, -0.15) is 0 Å². The van der Waals surface area contributed by atoms with Crippen molar-refractivity contribution in [2.24, 2.45) is 34.5 Å². The number of methoxy groups -OCH3 is 1. The van der Waals surface area contributed by atoms with E-state index >= 15 is 0 Å². The highest BCUT2D eigenvalue weighted by molar-refractivity contribution is 5.66. The van der Waals surface area contributed by atoms with Crippen molar-refractivity contribution in [2.75, 3.05) is 7.11 Å². The molecular formula is C25H38O4. The number of ether oxygens (including phenoxy) is 2. The van der Waals surface area contributed by atoms with E-state index in [0.29, 0.717) is 23.7 Å². The van der Waals surface area contributed by atoms with Crippen LogP contribution in [0.5, 0.6) is 0 Å². The van der Waals surface area contributed by atoms with E-state index in [1.54, 1.807) is 13.4 Å². The number of fused-ring (bicyclic) bond motifs is 5. The van der Waals surface area contributed by atoms with Gasteiger partial charge in [-0.25, -0.2) is 0 Å². The van der Waals surface area contributed by atoms with Crippen molar-refractivity contribution in [1.82, 2.24) is 0 Å². The van der Waals surface area contributed by atoms with E-state index in [4.69, 9.17) is 9.47 Å². The third-order valence-corrected chi connectivity index (χ3v) is 9.30. The number of carbonyl (C=O) groups excluding carboxylic acids is 1. The van der Waals surface area contributed by atoms with Gasteiger partial charge in [0, 0.05) is 12.8 Å². The third-order valence-electron chi connectivity index (χ3n) is 9.30. The zero-order chi connectivity index (χ0) is 21.0. The van der Waals surface area contributed by atoms with Gasteiger partial charge in [-0.15, -0.1) is 0 Å². The van der Waals surface area contributed by atoms with Crippen molar-refractivity contribution in [3.05, 3.63) is 23.5 Å². The van der Waals surface area contributed by atoms with E-state index in [9.17, 15) is 9.90 Å². The summed E-state index contributed by atoms with van der Waals surface area (Å²) < 4.78 is 10.9. The van der Waals surface area contributed by atoms with Crippen LogP contribution in [0.2, 0.25) is 0 Å². The summed E-state index contributed by atoms with van der Waals surface area (Å²) in [7, 11) is 1.67. The molecule has 4 rings (SSSR count). The number of hydrogen-bond acceptors (Lipinski definition) is 4. The largest absolute Gasteiger partial charge is 0.504 e. The van der Waals surface area contributed by atoms with E-state index in [2.05, 4.69) is 26.8 Å². The molecule has 4 nitrogen and oxygen atoms in total. The fraction of sp³-hybridized carbons (Fsp3) is 0.800. The maximum atomic E-state index is 11.5. The summed E-state index contributed by atoms with van der Waals surface area (Å²) in [6.45, 7) is 8.52. The predicted octanol–water partition coefficient (Wildman–Crippen LogP) is 5.02. The van der Waals surface area contributed by atoms with Gasteiger partial charge in [0.2, 0.25) is 0 Å². The molecule has 0 bridgehead atoms. The predicted molar refractivity (Wildman–Crippen MR) is 113 cm³/mol. The Hall–Kier alpha value is -1.29. The Morgan fingerprint density at radius 1 is 1.28 bits per heavy atom. The van der Waals surface area contributed by atoms with Gasteiger partial charge in [0.25, 0.3) is 0 Å². The molecule has 0 aromatic rings. The smallest absolute Gasteiger partial charge is 0.302 e. The van der Waals surface area contributed by atoms with Crippen molar-refractivity contribution in [2.45, 2.75) is 84.8 Å².